The zero-order chi connectivity index (χ0) is 38.9. The van der Waals surface area contributed by atoms with Crippen LogP contribution in [0.25, 0.3) is 55.8 Å². The van der Waals surface area contributed by atoms with E-state index in [2.05, 4.69) is 203 Å². The molecule has 5 nitrogen and oxygen atoms in total. The third kappa shape index (κ3) is 5.39. The minimum absolute atomic E-state index is 0.0858. The Morgan fingerprint density at radius 2 is 1.31 bits per heavy atom. The Balaban J connectivity index is 1.14. The summed E-state index contributed by atoms with van der Waals surface area (Å²) in [6, 6.07) is 63.4. The monoisotopic (exact) mass is 757 g/mol. The maximum absolute atomic E-state index is 5.69. The first kappa shape index (κ1) is 33.6. The van der Waals surface area contributed by atoms with Crippen LogP contribution in [0.3, 0.4) is 0 Å². The van der Waals surface area contributed by atoms with Crippen LogP contribution in [0.2, 0.25) is 0 Å². The van der Waals surface area contributed by atoms with E-state index in [9.17, 15) is 0 Å². The van der Waals surface area contributed by atoms with Crippen molar-refractivity contribution in [2.75, 3.05) is 11.4 Å². The molecule has 2 unspecified atom stereocenters. The molecule has 7 aromatic carbocycles. The van der Waals surface area contributed by atoms with Gasteiger partial charge in [-0.1, -0.05) is 158 Å². The average Bonchev–Trinajstić information content (AvgIpc) is 4.04. The Hall–Kier alpha value is -7.50. The maximum Gasteiger partial charge on any atom is 0.148 e. The van der Waals surface area contributed by atoms with Gasteiger partial charge in [0.15, 0.2) is 0 Å². The highest BCUT2D eigenvalue weighted by atomic mass is 15.2. The van der Waals surface area contributed by atoms with Gasteiger partial charge in [-0.2, -0.15) is 0 Å². The van der Waals surface area contributed by atoms with E-state index in [1.807, 2.05) is 6.21 Å². The van der Waals surface area contributed by atoms with Crippen molar-refractivity contribution in [1.82, 2.24) is 9.88 Å². The summed E-state index contributed by atoms with van der Waals surface area (Å²) in [5, 5.41) is 7.95. The molecule has 0 saturated carbocycles. The summed E-state index contributed by atoms with van der Waals surface area (Å²) in [5.74, 6) is 0. The van der Waals surface area contributed by atoms with Gasteiger partial charge in [-0.05, 0) is 63.4 Å². The van der Waals surface area contributed by atoms with Crippen LogP contribution < -0.4 is 10.2 Å². The van der Waals surface area contributed by atoms with E-state index in [-0.39, 0.29) is 12.2 Å². The van der Waals surface area contributed by atoms with Gasteiger partial charge in [-0.3, -0.25) is 4.99 Å². The van der Waals surface area contributed by atoms with Crippen LogP contribution in [0.15, 0.2) is 198 Å². The molecular formula is C54H39N5. The second-order valence-electron chi connectivity index (χ2n) is 15.7. The SMILES string of the molecule is C1=NCC=C1C1=NC(c2ccccc2)=C(c2ccccc2)NC1n1c2c(c3ccc(-c4ccccc4)cc31)C=C1c3c(ccc4ccccc34)N(c3ccccc3)C1C2. The predicted octanol–water partition coefficient (Wildman–Crippen LogP) is 12.2. The molecule has 0 radical (unpaired) electrons. The van der Waals surface area contributed by atoms with Crippen molar-refractivity contribution in [3.05, 3.63) is 216 Å². The molecule has 0 saturated heterocycles. The van der Waals surface area contributed by atoms with Crippen LogP contribution in [0.4, 0.5) is 11.4 Å². The van der Waals surface area contributed by atoms with Crippen LogP contribution in [0.5, 0.6) is 0 Å². The fraction of sp³-hybridized carbons (Fsp3) is 0.0741. The molecule has 5 heteroatoms. The van der Waals surface area contributed by atoms with Crippen molar-refractivity contribution >= 4 is 68.0 Å². The predicted molar refractivity (Wildman–Crippen MR) is 246 cm³/mol. The molecule has 0 spiro atoms. The number of aromatic nitrogens is 1. The minimum Gasteiger partial charge on any atom is -0.358 e. The number of benzene rings is 7. The zero-order valence-electron chi connectivity index (χ0n) is 32.3. The number of hydrogen-bond donors (Lipinski definition) is 1. The van der Waals surface area contributed by atoms with E-state index in [0.717, 1.165) is 40.2 Å². The summed E-state index contributed by atoms with van der Waals surface area (Å²) in [4.78, 5) is 13.0. The highest BCUT2D eigenvalue weighted by molar-refractivity contribution is 6.22. The first-order valence-electron chi connectivity index (χ1n) is 20.5. The number of aliphatic imine (C=N–C) groups is 2. The fourth-order valence-corrected chi connectivity index (χ4v) is 9.79. The van der Waals surface area contributed by atoms with Crippen molar-refractivity contribution in [2.24, 2.45) is 9.98 Å². The summed E-state index contributed by atoms with van der Waals surface area (Å²) < 4.78 is 2.57. The molecule has 8 aromatic rings. The van der Waals surface area contributed by atoms with Crippen LogP contribution >= 0.6 is 0 Å². The Bertz CT molecular complexity index is 3120. The summed E-state index contributed by atoms with van der Waals surface area (Å²) in [5.41, 5.74) is 17.4. The average molecular weight is 758 g/mol. The molecule has 1 N–H and O–H groups in total. The van der Waals surface area contributed by atoms with Gasteiger partial charge in [-0.15, -0.1) is 0 Å². The Labute approximate surface area is 343 Å². The number of rotatable bonds is 6. The number of nitrogens with one attached hydrogen (secondary N) is 1. The highest BCUT2D eigenvalue weighted by Crippen LogP contribution is 2.53. The molecule has 1 aliphatic carbocycles. The third-order valence-electron chi connectivity index (χ3n) is 12.4. The minimum atomic E-state index is -0.324. The normalized spacial score (nSPS) is 18.0. The zero-order valence-corrected chi connectivity index (χ0v) is 32.3. The van der Waals surface area contributed by atoms with Crippen molar-refractivity contribution in [1.29, 1.82) is 0 Å². The number of para-hydroxylation sites is 1. The first-order valence-corrected chi connectivity index (χ1v) is 20.5. The van der Waals surface area contributed by atoms with Gasteiger partial charge in [-0.25, -0.2) is 4.99 Å². The van der Waals surface area contributed by atoms with Gasteiger partial charge < -0.3 is 14.8 Å². The van der Waals surface area contributed by atoms with Crippen molar-refractivity contribution < 1.29 is 0 Å². The van der Waals surface area contributed by atoms with E-state index >= 15 is 0 Å². The van der Waals surface area contributed by atoms with E-state index in [4.69, 9.17) is 9.98 Å². The molecule has 2 atom stereocenters. The quantitative estimate of drug-likeness (QED) is 0.184. The van der Waals surface area contributed by atoms with Gasteiger partial charge in [0.25, 0.3) is 0 Å². The van der Waals surface area contributed by atoms with E-state index in [0.29, 0.717) is 6.54 Å². The molecule has 0 bridgehead atoms. The summed E-state index contributed by atoms with van der Waals surface area (Å²) >= 11 is 0. The number of anilines is 2. The van der Waals surface area contributed by atoms with Crippen LogP contribution in [0.1, 0.15) is 34.1 Å². The number of hydrogen-bond acceptors (Lipinski definition) is 4. The van der Waals surface area contributed by atoms with Crippen molar-refractivity contribution in [3.8, 4) is 11.1 Å². The lowest BCUT2D eigenvalue weighted by Crippen LogP contribution is -2.39. The van der Waals surface area contributed by atoms with Crippen LogP contribution in [0, 0.1) is 0 Å². The largest absolute Gasteiger partial charge is 0.358 e. The van der Waals surface area contributed by atoms with Gasteiger partial charge in [0.05, 0.1) is 35.2 Å². The standard InChI is InChI=1S/C54H39N5/c1-5-15-35(16-6-1)39-25-27-43-44-32-45-49(58(41-22-11-4-12-23-41)46-28-26-36-17-13-14-24-42(36)50(45)46)33-48(44)59(47(43)31-39)54-53(40-29-30-55-34-40)56-51(37-18-7-2-8-19-37)52(57-54)38-20-9-3-10-21-38/h1-29,31-32,34,49,54,57H,30,33H2. The summed E-state index contributed by atoms with van der Waals surface area (Å²) in [6.07, 6.45) is 7.22. The van der Waals surface area contributed by atoms with Gasteiger partial charge in [0, 0.05) is 57.4 Å². The Morgan fingerprint density at radius 3 is 2.05 bits per heavy atom. The molecule has 4 heterocycles. The number of fused-ring (bicyclic) bond motifs is 8. The second-order valence-corrected chi connectivity index (χ2v) is 15.7. The summed E-state index contributed by atoms with van der Waals surface area (Å²) in [6.45, 7) is 0.645. The third-order valence-corrected chi connectivity index (χ3v) is 12.4. The molecule has 1 aromatic heterocycles. The lowest BCUT2D eigenvalue weighted by Gasteiger charge is -2.35. The van der Waals surface area contributed by atoms with Crippen molar-refractivity contribution in [2.45, 2.75) is 18.6 Å². The van der Waals surface area contributed by atoms with E-state index in [1.54, 1.807) is 0 Å². The second kappa shape index (κ2) is 13.6. The molecular weight excluding hydrogens is 719 g/mol. The lowest BCUT2D eigenvalue weighted by molar-refractivity contribution is 0.575. The first-order chi connectivity index (χ1) is 29.3. The lowest BCUT2D eigenvalue weighted by atomic mass is 9.87. The van der Waals surface area contributed by atoms with Gasteiger partial charge in [0.2, 0.25) is 0 Å². The highest BCUT2D eigenvalue weighted by Gasteiger charge is 2.42. The van der Waals surface area contributed by atoms with Crippen molar-refractivity contribution in [3.63, 3.8) is 0 Å². The molecule has 280 valence electrons. The molecule has 59 heavy (non-hydrogen) atoms. The van der Waals surface area contributed by atoms with E-state index in [1.165, 1.54) is 66.6 Å². The van der Waals surface area contributed by atoms with Gasteiger partial charge >= 0.3 is 0 Å². The number of nitrogens with zero attached hydrogens (tertiary/aromatic N) is 4. The molecule has 0 amide bonds. The maximum atomic E-state index is 5.69. The molecule has 0 fully saturated rings. The Morgan fingerprint density at radius 1 is 0.610 bits per heavy atom. The smallest absolute Gasteiger partial charge is 0.148 e. The van der Waals surface area contributed by atoms with Crippen LogP contribution in [-0.2, 0) is 6.42 Å². The molecule has 4 aliphatic rings. The summed E-state index contributed by atoms with van der Waals surface area (Å²) in [7, 11) is 0. The topological polar surface area (TPSA) is 44.9 Å². The fourth-order valence-electron chi connectivity index (χ4n) is 9.79. The molecule has 3 aliphatic heterocycles. The van der Waals surface area contributed by atoms with Gasteiger partial charge in [0.1, 0.15) is 6.17 Å². The molecule has 12 rings (SSSR count). The van der Waals surface area contributed by atoms with Crippen LogP contribution in [-0.4, -0.2) is 29.1 Å². The van der Waals surface area contributed by atoms with E-state index < -0.39 is 0 Å². The Kier molecular flexibility index (Phi) is 7.73.